The van der Waals surface area contributed by atoms with Crippen LogP contribution in [0.5, 0.6) is 0 Å². The molecule has 0 saturated heterocycles. The van der Waals surface area contributed by atoms with Gasteiger partial charge in [-0.3, -0.25) is 9.59 Å². The monoisotopic (exact) mass is 674 g/mol. The third-order valence-electron chi connectivity index (χ3n) is 9.07. The molecule has 5 N–H and O–H groups in total. The second-order valence-corrected chi connectivity index (χ2v) is 15.9. The van der Waals surface area contributed by atoms with Crippen LogP contribution in [-0.2, 0) is 14.6 Å². The molecule has 4 rings (SSSR count). The van der Waals surface area contributed by atoms with E-state index >= 15 is 0 Å². The summed E-state index contributed by atoms with van der Waals surface area (Å²) in [5.74, 6) is -7.14. The molecular formula is C31H38ClF3N2O7S. The first-order valence-corrected chi connectivity index (χ1v) is 16.5. The van der Waals surface area contributed by atoms with Crippen LogP contribution < -0.4 is 10.6 Å². The van der Waals surface area contributed by atoms with E-state index in [2.05, 4.69) is 10.6 Å². The van der Waals surface area contributed by atoms with E-state index < -0.39 is 73.5 Å². The predicted molar refractivity (Wildman–Crippen MR) is 161 cm³/mol. The van der Waals surface area contributed by atoms with Crippen LogP contribution in [0.15, 0.2) is 35.2 Å². The third kappa shape index (κ3) is 7.17. The third-order valence-corrected chi connectivity index (χ3v) is 11.7. The summed E-state index contributed by atoms with van der Waals surface area (Å²) in [5.41, 5.74) is -2.72. The van der Waals surface area contributed by atoms with E-state index in [1.165, 1.54) is 12.1 Å². The van der Waals surface area contributed by atoms with Gasteiger partial charge < -0.3 is 26.0 Å². The van der Waals surface area contributed by atoms with Crippen LogP contribution in [0.4, 0.5) is 18.9 Å². The maximum atomic E-state index is 13.9. The maximum absolute atomic E-state index is 13.9. The van der Waals surface area contributed by atoms with Crippen LogP contribution in [0.2, 0.25) is 5.02 Å². The average molecular weight is 675 g/mol. The molecule has 45 heavy (non-hydrogen) atoms. The van der Waals surface area contributed by atoms with Gasteiger partial charge in [0, 0.05) is 41.8 Å². The zero-order valence-electron chi connectivity index (χ0n) is 25.3. The highest BCUT2D eigenvalue weighted by Crippen LogP contribution is 2.56. The van der Waals surface area contributed by atoms with E-state index in [9.17, 15) is 46.5 Å². The number of anilines is 1. The smallest absolute Gasteiger partial charge is 0.255 e. The quantitative estimate of drug-likeness (QED) is 0.250. The number of sulfone groups is 1. The molecule has 9 nitrogen and oxygen atoms in total. The van der Waals surface area contributed by atoms with E-state index in [1.54, 1.807) is 20.8 Å². The number of fused-ring (bicyclic) bond motifs is 2. The van der Waals surface area contributed by atoms with Crippen molar-refractivity contribution in [2.24, 2.45) is 23.2 Å². The minimum absolute atomic E-state index is 0.0287. The Morgan fingerprint density at radius 3 is 2.24 bits per heavy atom. The van der Waals surface area contributed by atoms with Crippen LogP contribution in [0.3, 0.4) is 0 Å². The minimum Gasteiger partial charge on any atom is -0.390 e. The Bertz CT molecular complexity index is 1560. The molecule has 0 aliphatic heterocycles. The summed E-state index contributed by atoms with van der Waals surface area (Å²) in [5, 5.41) is 36.7. The molecule has 2 saturated carbocycles. The van der Waals surface area contributed by atoms with Gasteiger partial charge in [0.2, 0.25) is 5.91 Å². The fourth-order valence-electron chi connectivity index (χ4n) is 6.56. The van der Waals surface area contributed by atoms with Crippen LogP contribution in [0.1, 0.15) is 63.7 Å². The molecule has 2 aromatic carbocycles. The fourth-order valence-corrected chi connectivity index (χ4v) is 8.94. The zero-order chi connectivity index (χ0) is 33.6. The molecule has 2 amide bonds. The lowest BCUT2D eigenvalue weighted by molar-refractivity contribution is -0.130. The number of carbonyl (C=O) groups is 2. The standard InChI is InChI=1S/C31H38ClF3N2O7S/c1-15-7-17-9-19(12-20(15)31(17,42)13-24(38)25(39)14-36-29(41)30(2,3)4)45(43,44)26-8-16(5-6-21(26)32)28(40)37-18-10-22(33)27(35)23(34)11-18/h5-6,8,10-11,15,17,19-20,24-25,38-39,42H,7,9,12-14H2,1-4H3,(H,36,41)(H,37,40)/t15-,17?,19+,20+,24?,25?,31+/m0/s1. The lowest BCUT2D eigenvalue weighted by atomic mass is 9.70. The van der Waals surface area contributed by atoms with Crippen molar-refractivity contribution in [1.29, 1.82) is 0 Å². The summed E-state index contributed by atoms with van der Waals surface area (Å²) < 4.78 is 68.3. The molecular weight excluding hydrogens is 637 g/mol. The van der Waals surface area contributed by atoms with Crippen LogP contribution in [-0.4, -0.2) is 65.2 Å². The van der Waals surface area contributed by atoms with Crippen molar-refractivity contribution >= 4 is 38.9 Å². The molecule has 14 heteroatoms. The summed E-state index contributed by atoms with van der Waals surface area (Å²) in [6, 6.07) is 4.67. The van der Waals surface area contributed by atoms with Crippen molar-refractivity contribution in [1.82, 2.24) is 5.32 Å². The molecule has 2 bridgehead atoms. The average Bonchev–Trinajstić information content (AvgIpc) is 3.06. The topological polar surface area (TPSA) is 153 Å². The number of carbonyl (C=O) groups excluding carboxylic acids is 2. The lowest BCUT2D eigenvalue weighted by Crippen LogP contribution is -2.53. The summed E-state index contributed by atoms with van der Waals surface area (Å²) in [6.45, 7) is 6.78. The number of halogens is 4. The Hall–Kier alpha value is -2.71. The van der Waals surface area contributed by atoms with Crippen molar-refractivity contribution in [2.45, 2.75) is 81.3 Å². The van der Waals surface area contributed by atoms with Gasteiger partial charge in [0.05, 0.1) is 33.0 Å². The molecule has 0 radical (unpaired) electrons. The van der Waals surface area contributed by atoms with Gasteiger partial charge in [0.1, 0.15) is 0 Å². The SMILES string of the molecule is C[C@H]1CC2C[C@@H](S(=O)(=O)c3cc(C(=O)Nc4cc(F)c(F)c(F)c4)ccc3Cl)C[C@H]1[C@@]2(O)CC(O)C(O)CNC(=O)C(C)(C)C. The molecule has 7 atom stereocenters. The second-order valence-electron chi connectivity index (χ2n) is 13.3. The van der Waals surface area contributed by atoms with Crippen molar-refractivity contribution in [3.8, 4) is 0 Å². The number of aliphatic hydroxyl groups excluding tert-OH is 2. The van der Waals surface area contributed by atoms with Crippen LogP contribution in [0, 0.1) is 40.6 Å². The van der Waals surface area contributed by atoms with Crippen molar-refractivity contribution in [3.05, 3.63) is 58.4 Å². The summed E-state index contributed by atoms with van der Waals surface area (Å²) in [6.07, 6.45) is -2.41. The highest BCUT2D eigenvalue weighted by molar-refractivity contribution is 7.92. The first kappa shape index (κ1) is 35.1. The zero-order valence-corrected chi connectivity index (χ0v) is 26.9. The van der Waals surface area contributed by atoms with E-state index in [1.807, 2.05) is 6.92 Å². The number of aliphatic hydroxyl groups is 3. The molecule has 2 aromatic rings. The maximum Gasteiger partial charge on any atom is 0.255 e. The van der Waals surface area contributed by atoms with Gasteiger partial charge in [-0.2, -0.15) is 0 Å². The molecule has 2 fully saturated rings. The van der Waals surface area contributed by atoms with Gasteiger partial charge >= 0.3 is 0 Å². The van der Waals surface area contributed by atoms with Crippen LogP contribution in [0.25, 0.3) is 0 Å². The summed E-state index contributed by atoms with van der Waals surface area (Å²) in [4.78, 5) is 24.7. The van der Waals surface area contributed by atoms with Gasteiger partial charge in [0.25, 0.3) is 5.91 Å². The molecule has 0 aromatic heterocycles. The molecule has 3 unspecified atom stereocenters. The van der Waals surface area contributed by atoms with Gasteiger partial charge in [-0.25, -0.2) is 21.6 Å². The second kappa shape index (κ2) is 12.8. The molecule has 0 spiro atoms. The number of nitrogens with one attached hydrogen (secondary N) is 2. The lowest BCUT2D eigenvalue weighted by Gasteiger charge is -2.44. The Morgan fingerprint density at radius 2 is 1.67 bits per heavy atom. The summed E-state index contributed by atoms with van der Waals surface area (Å²) >= 11 is 6.29. The normalized spacial score (nSPS) is 26.3. The Balaban J connectivity index is 1.50. The molecule has 2 aliphatic rings. The van der Waals surface area contributed by atoms with E-state index in [-0.39, 0.29) is 58.8 Å². The first-order valence-electron chi connectivity index (χ1n) is 14.6. The molecule has 0 heterocycles. The fraction of sp³-hybridized carbons (Fsp3) is 0.548. The highest BCUT2D eigenvalue weighted by atomic mass is 35.5. The van der Waals surface area contributed by atoms with Crippen molar-refractivity contribution < 1.29 is 46.5 Å². The van der Waals surface area contributed by atoms with Gasteiger partial charge in [-0.15, -0.1) is 0 Å². The Labute approximate surface area is 265 Å². The number of hydrogen-bond acceptors (Lipinski definition) is 7. The largest absolute Gasteiger partial charge is 0.390 e. The van der Waals surface area contributed by atoms with E-state index in [0.29, 0.717) is 18.6 Å². The first-order chi connectivity index (χ1) is 20.7. The minimum atomic E-state index is -4.17. The molecule has 2 aliphatic carbocycles. The van der Waals surface area contributed by atoms with Gasteiger partial charge in [-0.05, 0) is 55.2 Å². The highest BCUT2D eigenvalue weighted by Gasteiger charge is 2.59. The summed E-state index contributed by atoms with van der Waals surface area (Å²) in [7, 11) is -4.17. The number of benzene rings is 2. The number of hydrogen-bond donors (Lipinski definition) is 5. The predicted octanol–water partition coefficient (Wildman–Crippen LogP) is 4.22. The Morgan fingerprint density at radius 1 is 1.04 bits per heavy atom. The van der Waals surface area contributed by atoms with Crippen LogP contribution >= 0.6 is 11.6 Å². The van der Waals surface area contributed by atoms with Crippen molar-refractivity contribution in [2.75, 3.05) is 11.9 Å². The van der Waals surface area contributed by atoms with E-state index in [0.717, 1.165) is 6.07 Å². The number of amides is 2. The van der Waals surface area contributed by atoms with Crippen molar-refractivity contribution in [3.63, 3.8) is 0 Å². The van der Waals surface area contributed by atoms with Gasteiger partial charge in [0.15, 0.2) is 27.3 Å². The van der Waals surface area contributed by atoms with Gasteiger partial charge in [-0.1, -0.05) is 39.3 Å². The number of rotatable bonds is 9. The molecule has 248 valence electrons. The van der Waals surface area contributed by atoms with E-state index in [4.69, 9.17) is 11.6 Å². The Kier molecular flexibility index (Phi) is 10.0.